The highest BCUT2D eigenvalue weighted by Crippen LogP contribution is 2.34. The molecule has 41 heavy (non-hydrogen) atoms. The smallest absolute Gasteiger partial charge is 0.326 e. The first-order valence-corrected chi connectivity index (χ1v) is 14.6. The van der Waals surface area contributed by atoms with E-state index in [9.17, 15) is 14.7 Å². The number of urea groups is 1. The van der Waals surface area contributed by atoms with Crippen LogP contribution >= 0.6 is 0 Å². The van der Waals surface area contributed by atoms with Crippen LogP contribution in [0.3, 0.4) is 0 Å². The number of hydrogen-bond acceptors (Lipinski definition) is 4. The highest BCUT2D eigenvalue weighted by molar-refractivity contribution is 5.82. The van der Waals surface area contributed by atoms with Gasteiger partial charge in [0.05, 0.1) is 19.3 Å². The summed E-state index contributed by atoms with van der Waals surface area (Å²) in [6.45, 7) is 9.29. The van der Waals surface area contributed by atoms with Crippen molar-refractivity contribution >= 4 is 12.0 Å². The van der Waals surface area contributed by atoms with Crippen LogP contribution in [0.15, 0.2) is 72.8 Å². The quantitative estimate of drug-likeness (QED) is 0.185. The van der Waals surface area contributed by atoms with Crippen LogP contribution < -0.4 is 14.8 Å². The van der Waals surface area contributed by atoms with Crippen molar-refractivity contribution < 1.29 is 24.2 Å². The number of aliphatic carboxylic acids is 1. The number of ether oxygens (including phenoxy) is 2. The molecule has 7 nitrogen and oxygen atoms in total. The number of aryl methyl sites for hydroxylation is 2. The number of carboxylic acid groups (broad SMARTS) is 1. The van der Waals surface area contributed by atoms with E-state index in [1.807, 2.05) is 88.4 Å². The van der Waals surface area contributed by atoms with Crippen LogP contribution in [-0.2, 0) is 17.6 Å². The van der Waals surface area contributed by atoms with Crippen molar-refractivity contribution in [1.29, 1.82) is 0 Å². The molecule has 0 saturated heterocycles. The second kappa shape index (κ2) is 16.3. The van der Waals surface area contributed by atoms with Gasteiger partial charge in [-0.15, -0.1) is 0 Å². The molecular weight excluding hydrogens is 516 g/mol. The Morgan fingerprint density at radius 3 is 1.90 bits per heavy atom. The molecule has 220 valence electrons. The number of rotatable bonds is 16. The lowest BCUT2D eigenvalue weighted by atomic mass is 10.0. The van der Waals surface area contributed by atoms with Gasteiger partial charge in [0.15, 0.2) is 0 Å². The molecule has 0 heterocycles. The Kier molecular flexibility index (Phi) is 12.5. The Bertz CT molecular complexity index is 1210. The molecule has 0 aliphatic heterocycles. The Labute approximate surface area is 244 Å². The molecule has 0 aliphatic rings. The fourth-order valence-electron chi connectivity index (χ4n) is 4.89. The number of nitrogens with zero attached hydrogens (tertiary/aromatic N) is 1. The summed E-state index contributed by atoms with van der Waals surface area (Å²) >= 11 is 0. The van der Waals surface area contributed by atoms with E-state index in [0.29, 0.717) is 32.6 Å². The third-order valence-corrected chi connectivity index (χ3v) is 7.26. The first-order valence-electron chi connectivity index (χ1n) is 14.6. The molecule has 2 amide bonds. The van der Waals surface area contributed by atoms with Gasteiger partial charge in [-0.1, -0.05) is 60.7 Å². The molecule has 0 aromatic heterocycles. The molecule has 0 bridgehead atoms. The standard InChI is InChI=1S/C34H44N2O5/c1-5-40-31-23-29(24-32(25(31)3)41-6-2)26(4)36(22-14-13-19-27-15-9-7-10-16-27)34(39)35-30(33(37)38)21-20-28-17-11-8-12-18-28/h7-12,15-18,23-24,26,30H,5-6,13-14,19-22H2,1-4H3,(H,35,39)(H,37,38). The van der Waals surface area contributed by atoms with Crippen LogP contribution in [0.5, 0.6) is 11.5 Å². The fourth-order valence-corrected chi connectivity index (χ4v) is 4.89. The maximum Gasteiger partial charge on any atom is 0.326 e. The lowest BCUT2D eigenvalue weighted by Gasteiger charge is -2.32. The van der Waals surface area contributed by atoms with E-state index in [-0.39, 0.29) is 6.04 Å². The van der Waals surface area contributed by atoms with Crippen LogP contribution in [0, 0.1) is 6.92 Å². The first-order chi connectivity index (χ1) is 19.8. The number of benzene rings is 3. The maximum absolute atomic E-state index is 13.7. The molecular formula is C34H44N2O5. The predicted molar refractivity (Wildman–Crippen MR) is 163 cm³/mol. The molecule has 0 saturated carbocycles. The minimum atomic E-state index is -1.04. The van der Waals surface area contributed by atoms with Crippen molar-refractivity contribution in [3.05, 3.63) is 95.1 Å². The van der Waals surface area contributed by atoms with E-state index >= 15 is 0 Å². The van der Waals surface area contributed by atoms with Crippen molar-refractivity contribution in [2.24, 2.45) is 0 Å². The fraction of sp³-hybridized carbons (Fsp3) is 0.412. The highest BCUT2D eigenvalue weighted by Gasteiger charge is 2.27. The summed E-state index contributed by atoms with van der Waals surface area (Å²) in [7, 11) is 0. The SMILES string of the molecule is CCOc1cc(C(C)N(CCCCc2ccccc2)C(=O)NC(CCc2ccccc2)C(=O)O)cc(OCC)c1C. The summed E-state index contributed by atoms with van der Waals surface area (Å²) in [6, 6.07) is 22.2. The topological polar surface area (TPSA) is 88.1 Å². The molecule has 3 aromatic rings. The lowest BCUT2D eigenvalue weighted by molar-refractivity contribution is -0.139. The van der Waals surface area contributed by atoms with Gasteiger partial charge in [0.2, 0.25) is 0 Å². The van der Waals surface area contributed by atoms with Gasteiger partial charge in [0.25, 0.3) is 0 Å². The summed E-state index contributed by atoms with van der Waals surface area (Å²) in [5, 5.41) is 12.7. The third kappa shape index (κ3) is 9.55. The zero-order valence-electron chi connectivity index (χ0n) is 24.8. The Morgan fingerprint density at radius 2 is 1.39 bits per heavy atom. The Hall–Kier alpha value is -4.00. The summed E-state index contributed by atoms with van der Waals surface area (Å²) in [5.41, 5.74) is 4.07. The van der Waals surface area contributed by atoms with E-state index in [0.717, 1.165) is 47.5 Å². The van der Waals surface area contributed by atoms with E-state index in [1.165, 1.54) is 5.56 Å². The minimum absolute atomic E-state index is 0.300. The van der Waals surface area contributed by atoms with Gasteiger partial charge in [0, 0.05) is 12.1 Å². The van der Waals surface area contributed by atoms with Crippen LogP contribution in [0.4, 0.5) is 4.79 Å². The second-order valence-corrected chi connectivity index (χ2v) is 10.2. The normalized spacial score (nSPS) is 12.3. The highest BCUT2D eigenvalue weighted by atomic mass is 16.5. The zero-order chi connectivity index (χ0) is 29.6. The van der Waals surface area contributed by atoms with Crippen molar-refractivity contribution in [3.63, 3.8) is 0 Å². The maximum atomic E-state index is 13.7. The third-order valence-electron chi connectivity index (χ3n) is 7.26. The Balaban J connectivity index is 1.81. The Morgan fingerprint density at radius 1 is 0.854 bits per heavy atom. The molecule has 7 heteroatoms. The molecule has 2 N–H and O–H groups in total. The molecule has 2 unspecified atom stereocenters. The van der Waals surface area contributed by atoms with Crippen molar-refractivity contribution in [2.45, 2.75) is 71.9 Å². The number of carbonyl (C=O) groups excluding carboxylic acids is 1. The molecule has 0 spiro atoms. The molecule has 3 rings (SSSR count). The number of hydrogen-bond donors (Lipinski definition) is 2. The van der Waals surface area contributed by atoms with Gasteiger partial charge in [-0.3, -0.25) is 0 Å². The summed E-state index contributed by atoms with van der Waals surface area (Å²) in [5.74, 6) is 0.394. The van der Waals surface area contributed by atoms with Crippen LogP contribution in [0.1, 0.15) is 68.3 Å². The average molecular weight is 561 g/mol. The number of carbonyl (C=O) groups is 2. The van der Waals surface area contributed by atoms with Gasteiger partial charge in [-0.05, 0) is 88.6 Å². The largest absolute Gasteiger partial charge is 0.493 e. The van der Waals surface area contributed by atoms with Crippen molar-refractivity contribution in [1.82, 2.24) is 10.2 Å². The molecule has 3 aromatic carbocycles. The minimum Gasteiger partial charge on any atom is -0.493 e. The van der Waals surface area contributed by atoms with Crippen LogP contribution in [0.25, 0.3) is 0 Å². The second-order valence-electron chi connectivity index (χ2n) is 10.2. The first kappa shape index (κ1) is 31.5. The van der Waals surface area contributed by atoms with Gasteiger partial charge < -0.3 is 24.8 Å². The molecule has 0 aliphatic carbocycles. The summed E-state index contributed by atoms with van der Waals surface area (Å²) < 4.78 is 11.8. The number of carboxylic acids is 1. The average Bonchev–Trinajstić information content (AvgIpc) is 2.98. The van der Waals surface area contributed by atoms with Crippen LogP contribution in [-0.4, -0.2) is 47.8 Å². The van der Waals surface area contributed by atoms with E-state index < -0.39 is 18.0 Å². The van der Waals surface area contributed by atoms with Gasteiger partial charge in [-0.25, -0.2) is 9.59 Å². The van der Waals surface area contributed by atoms with Gasteiger partial charge >= 0.3 is 12.0 Å². The number of nitrogens with one attached hydrogen (secondary N) is 1. The van der Waals surface area contributed by atoms with Crippen LogP contribution in [0.2, 0.25) is 0 Å². The van der Waals surface area contributed by atoms with Crippen molar-refractivity contribution in [2.75, 3.05) is 19.8 Å². The zero-order valence-corrected chi connectivity index (χ0v) is 24.8. The molecule has 2 atom stereocenters. The number of unbranched alkanes of at least 4 members (excludes halogenated alkanes) is 1. The molecule has 0 radical (unpaired) electrons. The van der Waals surface area contributed by atoms with Gasteiger partial charge in [-0.2, -0.15) is 0 Å². The molecule has 0 fully saturated rings. The lowest BCUT2D eigenvalue weighted by Crippen LogP contribution is -2.49. The van der Waals surface area contributed by atoms with E-state index in [1.54, 1.807) is 4.90 Å². The number of amides is 2. The predicted octanol–water partition coefficient (Wildman–Crippen LogP) is 6.97. The van der Waals surface area contributed by atoms with Crippen molar-refractivity contribution in [3.8, 4) is 11.5 Å². The van der Waals surface area contributed by atoms with E-state index in [2.05, 4.69) is 17.4 Å². The van der Waals surface area contributed by atoms with E-state index in [4.69, 9.17) is 9.47 Å². The monoisotopic (exact) mass is 560 g/mol. The van der Waals surface area contributed by atoms with Gasteiger partial charge in [0.1, 0.15) is 17.5 Å². The summed E-state index contributed by atoms with van der Waals surface area (Å²) in [4.78, 5) is 27.6. The summed E-state index contributed by atoms with van der Waals surface area (Å²) in [6.07, 6.45) is 3.44.